The summed E-state index contributed by atoms with van der Waals surface area (Å²) in [5.74, 6) is 0.542. The molecule has 1 amide bonds. The SMILES string of the molecule is Cc1cccc(NC(=O)COc2ccccc2CNC(C)c2ccccc2)c1.Cl. The Balaban J connectivity index is 0.00000300. The third-order valence-electron chi connectivity index (χ3n) is 4.53. The summed E-state index contributed by atoms with van der Waals surface area (Å²) in [5.41, 5.74) is 4.13. The summed E-state index contributed by atoms with van der Waals surface area (Å²) in [6, 6.07) is 26.0. The zero-order chi connectivity index (χ0) is 19.8. The lowest BCUT2D eigenvalue weighted by atomic mass is 10.1. The fraction of sp³-hybridized carbons (Fsp3) is 0.208. The van der Waals surface area contributed by atoms with Gasteiger partial charge in [0.2, 0.25) is 0 Å². The molecule has 0 aliphatic rings. The van der Waals surface area contributed by atoms with Crippen LogP contribution in [0.3, 0.4) is 0 Å². The highest BCUT2D eigenvalue weighted by Gasteiger charge is 2.09. The Kier molecular flexibility index (Phi) is 8.71. The predicted molar refractivity (Wildman–Crippen MR) is 121 cm³/mol. The molecule has 4 nitrogen and oxygen atoms in total. The minimum absolute atomic E-state index is 0. The molecule has 3 rings (SSSR count). The Morgan fingerprint density at radius 2 is 1.69 bits per heavy atom. The molecule has 0 fully saturated rings. The minimum Gasteiger partial charge on any atom is -0.483 e. The molecular formula is C24H27ClN2O2. The van der Waals surface area contributed by atoms with Crippen molar-refractivity contribution >= 4 is 24.0 Å². The highest BCUT2D eigenvalue weighted by atomic mass is 35.5. The third kappa shape index (κ3) is 6.93. The van der Waals surface area contributed by atoms with Gasteiger partial charge in [0, 0.05) is 23.8 Å². The van der Waals surface area contributed by atoms with Crippen LogP contribution in [0.2, 0.25) is 0 Å². The molecule has 5 heteroatoms. The van der Waals surface area contributed by atoms with Crippen LogP contribution in [0.1, 0.15) is 29.7 Å². The normalized spacial score (nSPS) is 11.2. The van der Waals surface area contributed by atoms with Crippen molar-refractivity contribution < 1.29 is 9.53 Å². The number of anilines is 1. The van der Waals surface area contributed by atoms with Gasteiger partial charge in [-0.3, -0.25) is 4.79 Å². The maximum absolute atomic E-state index is 12.2. The number of hydrogen-bond acceptors (Lipinski definition) is 3. The van der Waals surface area contributed by atoms with Gasteiger partial charge in [-0.25, -0.2) is 0 Å². The summed E-state index contributed by atoms with van der Waals surface area (Å²) < 4.78 is 5.79. The number of halogens is 1. The highest BCUT2D eigenvalue weighted by Crippen LogP contribution is 2.20. The fourth-order valence-electron chi connectivity index (χ4n) is 2.98. The van der Waals surface area contributed by atoms with Crippen molar-refractivity contribution in [2.24, 2.45) is 0 Å². The first-order valence-corrected chi connectivity index (χ1v) is 9.47. The molecule has 0 aliphatic carbocycles. The molecule has 3 aromatic rings. The molecule has 0 saturated heterocycles. The van der Waals surface area contributed by atoms with E-state index in [0.29, 0.717) is 6.54 Å². The largest absolute Gasteiger partial charge is 0.483 e. The van der Waals surface area contributed by atoms with Crippen LogP contribution in [0.15, 0.2) is 78.9 Å². The fourth-order valence-corrected chi connectivity index (χ4v) is 2.98. The van der Waals surface area contributed by atoms with Crippen LogP contribution in [-0.4, -0.2) is 12.5 Å². The summed E-state index contributed by atoms with van der Waals surface area (Å²) in [4.78, 5) is 12.2. The van der Waals surface area contributed by atoms with Gasteiger partial charge in [0.15, 0.2) is 6.61 Å². The van der Waals surface area contributed by atoms with E-state index in [0.717, 1.165) is 22.6 Å². The first-order chi connectivity index (χ1) is 13.6. The van der Waals surface area contributed by atoms with Gasteiger partial charge in [-0.1, -0.05) is 60.7 Å². The highest BCUT2D eigenvalue weighted by molar-refractivity contribution is 5.91. The molecule has 0 bridgehead atoms. The molecule has 0 spiro atoms. The lowest BCUT2D eigenvalue weighted by Crippen LogP contribution is -2.22. The van der Waals surface area contributed by atoms with Crippen LogP contribution < -0.4 is 15.4 Å². The Bertz CT molecular complexity index is 916. The zero-order valence-corrected chi connectivity index (χ0v) is 17.5. The molecule has 0 aromatic heterocycles. The van der Waals surface area contributed by atoms with Crippen molar-refractivity contribution in [3.8, 4) is 5.75 Å². The van der Waals surface area contributed by atoms with E-state index < -0.39 is 0 Å². The van der Waals surface area contributed by atoms with Gasteiger partial charge in [-0.05, 0) is 43.2 Å². The second kappa shape index (κ2) is 11.2. The predicted octanol–water partition coefficient (Wildman–Crippen LogP) is 5.29. The van der Waals surface area contributed by atoms with E-state index in [2.05, 4.69) is 29.7 Å². The van der Waals surface area contributed by atoms with E-state index in [9.17, 15) is 4.79 Å². The Labute approximate surface area is 178 Å². The number of carbonyl (C=O) groups is 1. The number of amides is 1. The van der Waals surface area contributed by atoms with Gasteiger partial charge >= 0.3 is 0 Å². The molecule has 0 radical (unpaired) electrons. The average Bonchev–Trinajstić information content (AvgIpc) is 2.71. The first kappa shape index (κ1) is 22.5. The number of para-hydroxylation sites is 1. The van der Waals surface area contributed by atoms with Gasteiger partial charge in [0.05, 0.1) is 0 Å². The topological polar surface area (TPSA) is 50.4 Å². The molecule has 0 heterocycles. The van der Waals surface area contributed by atoms with Crippen molar-refractivity contribution in [1.82, 2.24) is 5.32 Å². The van der Waals surface area contributed by atoms with Gasteiger partial charge in [0.25, 0.3) is 5.91 Å². The van der Waals surface area contributed by atoms with Gasteiger partial charge in [0.1, 0.15) is 5.75 Å². The number of rotatable bonds is 8. The Hall–Kier alpha value is -2.82. The van der Waals surface area contributed by atoms with Gasteiger partial charge < -0.3 is 15.4 Å². The van der Waals surface area contributed by atoms with Crippen LogP contribution in [0, 0.1) is 6.92 Å². The number of aryl methyl sites for hydroxylation is 1. The monoisotopic (exact) mass is 410 g/mol. The zero-order valence-electron chi connectivity index (χ0n) is 16.7. The number of hydrogen-bond donors (Lipinski definition) is 2. The van der Waals surface area contributed by atoms with Crippen molar-refractivity contribution in [3.63, 3.8) is 0 Å². The smallest absolute Gasteiger partial charge is 0.262 e. The molecule has 1 unspecified atom stereocenters. The standard InChI is InChI=1S/C24H26N2O2.ClH/c1-18-9-8-13-22(15-18)26-24(27)17-28-23-14-7-6-12-21(23)16-25-19(2)20-10-4-3-5-11-20;/h3-15,19,25H,16-17H2,1-2H3,(H,26,27);1H. The quantitative estimate of drug-likeness (QED) is 0.530. The van der Waals surface area contributed by atoms with Crippen LogP contribution in [0.25, 0.3) is 0 Å². The number of ether oxygens (including phenoxy) is 1. The Morgan fingerprint density at radius 1 is 0.966 bits per heavy atom. The molecule has 152 valence electrons. The lowest BCUT2D eigenvalue weighted by Gasteiger charge is -2.16. The van der Waals surface area contributed by atoms with Crippen LogP contribution in [-0.2, 0) is 11.3 Å². The number of nitrogens with one attached hydrogen (secondary N) is 2. The molecular weight excluding hydrogens is 384 g/mol. The van der Waals surface area contributed by atoms with Crippen molar-refractivity contribution in [2.45, 2.75) is 26.4 Å². The van der Waals surface area contributed by atoms with Crippen molar-refractivity contribution in [3.05, 3.63) is 95.6 Å². The number of benzene rings is 3. The molecule has 0 aliphatic heterocycles. The number of carbonyl (C=O) groups excluding carboxylic acids is 1. The van der Waals surface area contributed by atoms with Crippen LogP contribution >= 0.6 is 12.4 Å². The summed E-state index contributed by atoms with van der Waals surface area (Å²) >= 11 is 0. The summed E-state index contributed by atoms with van der Waals surface area (Å²) in [6.07, 6.45) is 0. The first-order valence-electron chi connectivity index (χ1n) is 9.47. The van der Waals surface area contributed by atoms with Crippen molar-refractivity contribution in [1.29, 1.82) is 0 Å². The maximum atomic E-state index is 12.2. The molecule has 1 atom stereocenters. The Morgan fingerprint density at radius 3 is 2.45 bits per heavy atom. The van der Waals surface area contributed by atoms with Crippen molar-refractivity contribution in [2.75, 3.05) is 11.9 Å². The maximum Gasteiger partial charge on any atom is 0.262 e. The van der Waals surface area contributed by atoms with Crippen LogP contribution in [0.5, 0.6) is 5.75 Å². The molecule has 29 heavy (non-hydrogen) atoms. The molecule has 0 saturated carbocycles. The van der Waals surface area contributed by atoms with E-state index in [4.69, 9.17) is 4.74 Å². The van der Waals surface area contributed by atoms with Gasteiger partial charge in [-0.15, -0.1) is 12.4 Å². The lowest BCUT2D eigenvalue weighted by molar-refractivity contribution is -0.118. The van der Waals surface area contributed by atoms with E-state index in [-0.39, 0.29) is 31.0 Å². The molecule has 3 aromatic carbocycles. The summed E-state index contributed by atoms with van der Waals surface area (Å²) in [6.45, 7) is 4.75. The second-order valence-electron chi connectivity index (χ2n) is 6.83. The third-order valence-corrected chi connectivity index (χ3v) is 4.53. The minimum atomic E-state index is -0.175. The summed E-state index contributed by atoms with van der Waals surface area (Å²) in [5, 5.41) is 6.37. The average molecular weight is 411 g/mol. The van der Waals surface area contributed by atoms with E-state index in [1.54, 1.807) is 0 Å². The van der Waals surface area contributed by atoms with E-state index in [1.807, 2.05) is 73.7 Å². The van der Waals surface area contributed by atoms with Crippen LogP contribution in [0.4, 0.5) is 5.69 Å². The van der Waals surface area contributed by atoms with Gasteiger partial charge in [-0.2, -0.15) is 0 Å². The van der Waals surface area contributed by atoms with E-state index in [1.165, 1.54) is 5.56 Å². The summed E-state index contributed by atoms with van der Waals surface area (Å²) in [7, 11) is 0. The second-order valence-corrected chi connectivity index (χ2v) is 6.83. The molecule has 2 N–H and O–H groups in total. The van der Waals surface area contributed by atoms with E-state index >= 15 is 0 Å².